The summed E-state index contributed by atoms with van der Waals surface area (Å²) in [5.41, 5.74) is 6.94. The van der Waals surface area contributed by atoms with E-state index in [0.717, 1.165) is 27.7 Å². The Morgan fingerprint density at radius 3 is 2.41 bits per heavy atom. The minimum absolute atomic E-state index is 0.0693. The summed E-state index contributed by atoms with van der Waals surface area (Å²) in [6.45, 7) is 6.58. The highest BCUT2D eigenvalue weighted by Crippen LogP contribution is 2.31. The van der Waals surface area contributed by atoms with E-state index >= 15 is 0 Å². The maximum absolute atomic E-state index is 6.51. The lowest BCUT2D eigenvalue weighted by Crippen LogP contribution is -2.14. The van der Waals surface area contributed by atoms with Gasteiger partial charge in [-0.3, -0.25) is 0 Å². The molecule has 0 amide bonds. The van der Waals surface area contributed by atoms with E-state index in [0.29, 0.717) is 26.7 Å². The smallest absolute Gasteiger partial charge is 0.297 e. The van der Waals surface area contributed by atoms with Crippen molar-refractivity contribution in [2.24, 2.45) is 5.10 Å². The number of halogens is 2. The minimum atomic E-state index is 0.0693. The van der Waals surface area contributed by atoms with Gasteiger partial charge in [0.25, 0.3) is 5.82 Å². The van der Waals surface area contributed by atoms with Crippen LogP contribution in [0.25, 0.3) is 33.2 Å². The van der Waals surface area contributed by atoms with Crippen molar-refractivity contribution in [1.29, 1.82) is 0 Å². The first-order valence-electron chi connectivity index (χ1n) is 11.0. The number of aromatic amines is 1. The Morgan fingerprint density at radius 1 is 0.882 bits per heavy atom. The van der Waals surface area contributed by atoms with Crippen molar-refractivity contribution in [2.75, 3.05) is 5.43 Å². The highest BCUT2D eigenvalue weighted by atomic mass is 35.5. The van der Waals surface area contributed by atoms with Crippen LogP contribution in [0.15, 0.2) is 88.4 Å². The van der Waals surface area contributed by atoms with Gasteiger partial charge in [0.2, 0.25) is 0 Å². The van der Waals surface area contributed by atoms with Gasteiger partial charge in [-0.2, -0.15) is 0 Å². The predicted octanol–water partition coefficient (Wildman–Crippen LogP) is 7.60. The molecule has 0 unspecified atom stereocenters. The first kappa shape index (κ1) is 22.5. The number of nitrogens with one attached hydrogen (secondary N) is 2. The summed E-state index contributed by atoms with van der Waals surface area (Å²) in [4.78, 5) is 3.35. The van der Waals surface area contributed by atoms with Crippen molar-refractivity contribution in [1.82, 2.24) is 0 Å². The molecule has 170 valence electrons. The lowest BCUT2D eigenvalue weighted by atomic mass is 9.86. The summed E-state index contributed by atoms with van der Waals surface area (Å²) >= 11 is 12.8. The van der Waals surface area contributed by atoms with Gasteiger partial charge in [-0.25, -0.2) is 4.98 Å². The highest BCUT2D eigenvalue weighted by molar-refractivity contribution is 6.38. The number of hydrogen-bond acceptors (Lipinski definition) is 3. The zero-order valence-corrected chi connectivity index (χ0v) is 20.6. The van der Waals surface area contributed by atoms with Gasteiger partial charge in [-0.05, 0) is 35.2 Å². The molecule has 0 saturated carbocycles. The second-order valence-electron chi connectivity index (χ2n) is 9.27. The Labute approximate surface area is 207 Å². The molecule has 0 saturated heterocycles. The molecule has 0 aliphatic heterocycles. The molecule has 2 heterocycles. The van der Waals surface area contributed by atoms with Gasteiger partial charge in [-0.15, -0.1) is 5.43 Å². The monoisotopic (exact) mass is 488 g/mol. The van der Waals surface area contributed by atoms with Crippen LogP contribution in [0, 0.1) is 0 Å². The second-order valence-corrected chi connectivity index (χ2v) is 10.1. The second kappa shape index (κ2) is 8.79. The van der Waals surface area contributed by atoms with Crippen molar-refractivity contribution in [3.63, 3.8) is 0 Å². The molecule has 0 spiro atoms. The third-order valence-electron chi connectivity index (χ3n) is 5.76. The number of fused-ring (bicyclic) bond motifs is 2. The Bertz CT molecular complexity index is 1580. The Balaban J connectivity index is 1.63. The maximum Gasteiger partial charge on any atom is 0.297 e. The van der Waals surface area contributed by atoms with Crippen LogP contribution in [0.5, 0.6) is 0 Å². The highest BCUT2D eigenvalue weighted by Gasteiger charge is 2.15. The zero-order valence-electron chi connectivity index (χ0n) is 19.1. The van der Waals surface area contributed by atoms with Gasteiger partial charge >= 0.3 is 0 Å². The average Bonchev–Trinajstić information content (AvgIpc) is 2.82. The molecule has 0 radical (unpaired) electrons. The van der Waals surface area contributed by atoms with Crippen LogP contribution in [-0.2, 0) is 5.41 Å². The van der Waals surface area contributed by atoms with Crippen LogP contribution in [0.4, 0.5) is 5.82 Å². The number of benzene rings is 3. The predicted molar refractivity (Wildman–Crippen MR) is 140 cm³/mol. The van der Waals surface area contributed by atoms with Crippen molar-refractivity contribution in [3.05, 3.63) is 99.8 Å². The summed E-state index contributed by atoms with van der Waals surface area (Å²) in [6.07, 6.45) is 0. The first-order valence-corrected chi connectivity index (χ1v) is 11.8. The third-order valence-corrected chi connectivity index (χ3v) is 6.26. The molecule has 0 aliphatic rings. The number of aromatic nitrogens is 1. The Kier molecular flexibility index (Phi) is 5.80. The fourth-order valence-electron chi connectivity index (χ4n) is 3.87. The van der Waals surface area contributed by atoms with E-state index in [1.165, 1.54) is 5.56 Å². The third kappa shape index (κ3) is 4.52. The number of para-hydroxylation sites is 1. The fraction of sp³-hybridized carbons (Fsp3) is 0.143. The van der Waals surface area contributed by atoms with Gasteiger partial charge in [0, 0.05) is 33.5 Å². The summed E-state index contributed by atoms with van der Waals surface area (Å²) < 4.78 is 6.22. The van der Waals surface area contributed by atoms with Gasteiger partial charge < -0.3 is 4.42 Å². The van der Waals surface area contributed by atoms with Gasteiger partial charge in [0.15, 0.2) is 5.58 Å². The van der Waals surface area contributed by atoms with Gasteiger partial charge in [0.05, 0.1) is 5.02 Å². The van der Waals surface area contributed by atoms with E-state index in [9.17, 15) is 0 Å². The lowest BCUT2D eigenvalue weighted by Gasteiger charge is -2.19. The van der Waals surface area contributed by atoms with Crippen molar-refractivity contribution in [3.8, 4) is 11.3 Å². The van der Waals surface area contributed by atoms with Crippen molar-refractivity contribution in [2.45, 2.75) is 26.2 Å². The normalized spacial score (nSPS) is 12.4. The molecule has 5 aromatic rings. The summed E-state index contributed by atoms with van der Waals surface area (Å²) in [6, 6.07) is 25.8. The molecular formula is C28H24Cl2N3O+. The van der Waals surface area contributed by atoms with E-state index < -0.39 is 0 Å². The largest absolute Gasteiger partial charge is 0.454 e. The number of pyridine rings is 1. The first-order chi connectivity index (χ1) is 16.3. The molecule has 2 aromatic heterocycles. The van der Waals surface area contributed by atoms with Crippen LogP contribution < -0.4 is 15.8 Å². The topological polar surface area (TPSA) is 51.7 Å². The zero-order chi connectivity index (χ0) is 23.9. The molecule has 6 heteroatoms. The molecule has 0 aliphatic carbocycles. The molecule has 2 N–H and O–H groups in total. The fourth-order valence-corrected chi connectivity index (χ4v) is 4.40. The molecule has 34 heavy (non-hydrogen) atoms. The van der Waals surface area contributed by atoms with Gasteiger partial charge in [0.1, 0.15) is 16.6 Å². The molecule has 5 rings (SSSR count). The lowest BCUT2D eigenvalue weighted by molar-refractivity contribution is -0.327. The average molecular weight is 489 g/mol. The van der Waals surface area contributed by atoms with Crippen LogP contribution in [0.3, 0.4) is 0 Å². The number of H-pyrrole nitrogens is 1. The molecule has 0 bridgehead atoms. The van der Waals surface area contributed by atoms with E-state index in [4.69, 9.17) is 27.6 Å². The van der Waals surface area contributed by atoms with Crippen LogP contribution in [-0.4, -0.2) is 0 Å². The Hall–Kier alpha value is -3.34. The molecular weight excluding hydrogens is 465 g/mol. The van der Waals surface area contributed by atoms with E-state index in [1.807, 2.05) is 42.5 Å². The summed E-state index contributed by atoms with van der Waals surface area (Å²) in [5, 5.41) is 8.14. The summed E-state index contributed by atoms with van der Waals surface area (Å²) in [7, 11) is 0. The SMILES string of the molecule is CC(C)(C)c1ccc(-c2cc(=NNc3ccc4ccccc4[nH+]3)c3cc(Cl)cc(Cl)c3o2)cc1. The molecule has 4 nitrogen and oxygen atoms in total. The summed E-state index contributed by atoms with van der Waals surface area (Å²) in [5.74, 6) is 1.43. The van der Waals surface area contributed by atoms with Crippen molar-refractivity contribution < 1.29 is 9.40 Å². The quantitative estimate of drug-likeness (QED) is 0.265. The standard InChI is InChI=1S/C28H23Cl2N3O/c1-28(2,3)19-11-8-18(9-12-19)25-16-24(21-14-20(29)15-22(30)27(21)34-25)32-33-26-13-10-17-6-4-5-7-23(17)31-26/h4-16H,1-3H3,(H,31,33)/p+1. The molecule has 3 aromatic carbocycles. The van der Waals surface area contributed by atoms with Crippen LogP contribution in [0.2, 0.25) is 10.0 Å². The van der Waals surface area contributed by atoms with Crippen molar-refractivity contribution >= 4 is 50.9 Å². The number of nitrogens with zero attached hydrogens (tertiary/aromatic N) is 1. The van der Waals surface area contributed by atoms with Crippen LogP contribution >= 0.6 is 23.2 Å². The number of rotatable bonds is 3. The maximum atomic E-state index is 6.51. The van der Waals surface area contributed by atoms with E-state index in [2.05, 4.69) is 66.6 Å². The number of anilines is 1. The number of hydrogen-bond donors (Lipinski definition) is 1. The van der Waals surface area contributed by atoms with Crippen LogP contribution in [0.1, 0.15) is 26.3 Å². The van der Waals surface area contributed by atoms with Gasteiger partial charge in [-0.1, -0.05) is 91.5 Å². The Morgan fingerprint density at radius 2 is 1.65 bits per heavy atom. The van der Waals surface area contributed by atoms with E-state index in [-0.39, 0.29) is 5.41 Å². The molecule has 0 fully saturated rings. The molecule has 0 atom stereocenters. The van der Waals surface area contributed by atoms with E-state index in [1.54, 1.807) is 6.07 Å². The minimum Gasteiger partial charge on any atom is -0.454 e.